The molecule has 3 atom stereocenters. The summed E-state index contributed by atoms with van der Waals surface area (Å²) in [7, 11) is 0. The first kappa shape index (κ1) is 16.4. The minimum absolute atomic E-state index is 0.499. The zero-order valence-corrected chi connectivity index (χ0v) is 13.9. The molecule has 0 aromatic carbocycles. The van der Waals surface area contributed by atoms with Crippen molar-refractivity contribution in [2.45, 2.75) is 78.3 Å². The van der Waals surface area contributed by atoms with E-state index < -0.39 is 0 Å². The van der Waals surface area contributed by atoms with Crippen LogP contribution in [-0.2, 0) is 0 Å². The third-order valence-electron chi connectivity index (χ3n) is 4.47. The molecule has 0 heterocycles. The molecule has 0 radical (unpaired) electrons. The van der Waals surface area contributed by atoms with Gasteiger partial charge in [0.1, 0.15) is 0 Å². The molecule has 0 aliphatic heterocycles. The number of thioether (sulfide) groups is 1. The Labute approximate surface area is 119 Å². The molecule has 2 heteroatoms. The molecule has 1 saturated carbocycles. The average Bonchev–Trinajstić information content (AvgIpc) is 2.51. The summed E-state index contributed by atoms with van der Waals surface area (Å²) in [6.45, 7) is 9.58. The Bertz CT molecular complexity index is 222. The van der Waals surface area contributed by atoms with E-state index in [1.807, 2.05) is 11.8 Å². The quantitative estimate of drug-likeness (QED) is 0.727. The molecule has 1 aliphatic carbocycles. The van der Waals surface area contributed by atoms with Crippen LogP contribution in [0.15, 0.2) is 0 Å². The molecule has 0 aromatic rings. The average molecular weight is 272 g/mol. The second-order valence-electron chi connectivity index (χ2n) is 7.12. The van der Waals surface area contributed by atoms with E-state index in [0.717, 1.165) is 12.0 Å². The molecule has 1 rings (SSSR count). The van der Waals surface area contributed by atoms with Gasteiger partial charge in [-0.2, -0.15) is 11.8 Å². The lowest BCUT2D eigenvalue weighted by Gasteiger charge is -2.30. The Kier molecular flexibility index (Phi) is 7.08. The van der Waals surface area contributed by atoms with Gasteiger partial charge < -0.3 is 5.32 Å². The lowest BCUT2D eigenvalue weighted by Crippen LogP contribution is -2.36. The Morgan fingerprint density at radius 2 is 1.89 bits per heavy atom. The first-order valence-electron chi connectivity index (χ1n) is 7.68. The third-order valence-corrected chi connectivity index (χ3v) is 5.11. The highest BCUT2D eigenvalue weighted by Gasteiger charge is 2.27. The molecule has 108 valence electrons. The monoisotopic (exact) mass is 271 g/mol. The smallest absolute Gasteiger partial charge is 0.00696 e. The normalized spacial score (nSPS) is 27.8. The van der Waals surface area contributed by atoms with Crippen LogP contribution in [0.25, 0.3) is 0 Å². The molecule has 18 heavy (non-hydrogen) atoms. The maximum Gasteiger partial charge on any atom is 0.00696 e. The summed E-state index contributed by atoms with van der Waals surface area (Å²) in [5.74, 6) is 2.21. The standard InChI is InChI=1S/C16H33NS/c1-13(11-12-18-5)17-15-8-6-7-14(9-10-15)16(2,3)4/h13-15,17H,6-12H2,1-5H3. The van der Waals surface area contributed by atoms with Gasteiger partial charge in [0.2, 0.25) is 0 Å². The molecule has 3 unspecified atom stereocenters. The second-order valence-corrected chi connectivity index (χ2v) is 8.10. The van der Waals surface area contributed by atoms with E-state index in [1.54, 1.807) is 0 Å². The van der Waals surface area contributed by atoms with Gasteiger partial charge in [0.05, 0.1) is 0 Å². The van der Waals surface area contributed by atoms with Crippen LogP contribution < -0.4 is 5.32 Å². The predicted octanol–water partition coefficient (Wildman–Crippen LogP) is 4.71. The van der Waals surface area contributed by atoms with Crippen LogP contribution in [0.2, 0.25) is 0 Å². The maximum absolute atomic E-state index is 3.85. The second kappa shape index (κ2) is 7.79. The van der Waals surface area contributed by atoms with Crippen molar-refractivity contribution in [2.24, 2.45) is 11.3 Å². The number of nitrogens with one attached hydrogen (secondary N) is 1. The van der Waals surface area contributed by atoms with Crippen LogP contribution in [0.5, 0.6) is 0 Å². The molecule has 1 N–H and O–H groups in total. The molecular formula is C16H33NS. The summed E-state index contributed by atoms with van der Waals surface area (Å²) >= 11 is 1.96. The fourth-order valence-corrected chi connectivity index (χ4v) is 3.70. The number of rotatable bonds is 5. The van der Waals surface area contributed by atoms with Crippen molar-refractivity contribution in [3.63, 3.8) is 0 Å². The van der Waals surface area contributed by atoms with Crippen LogP contribution in [0.1, 0.15) is 66.2 Å². The molecule has 1 fully saturated rings. The minimum atomic E-state index is 0.499. The van der Waals surface area contributed by atoms with Gasteiger partial charge in [-0.15, -0.1) is 0 Å². The van der Waals surface area contributed by atoms with Crippen molar-refractivity contribution >= 4 is 11.8 Å². The highest BCUT2D eigenvalue weighted by molar-refractivity contribution is 7.98. The van der Waals surface area contributed by atoms with Crippen LogP contribution >= 0.6 is 11.8 Å². The summed E-state index contributed by atoms with van der Waals surface area (Å²) in [6, 6.07) is 1.46. The van der Waals surface area contributed by atoms with E-state index in [-0.39, 0.29) is 0 Å². The highest BCUT2D eigenvalue weighted by Crippen LogP contribution is 2.36. The highest BCUT2D eigenvalue weighted by atomic mass is 32.2. The van der Waals surface area contributed by atoms with Crippen molar-refractivity contribution in [3.8, 4) is 0 Å². The van der Waals surface area contributed by atoms with Crippen LogP contribution in [0.4, 0.5) is 0 Å². The van der Waals surface area contributed by atoms with Gasteiger partial charge in [-0.3, -0.25) is 0 Å². The Morgan fingerprint density at radius 3 is 2.50 bits per heavy atom. The Balaban J connectivity index is 2.33. The summed E-state index contributed by atoms with van der Waals surface area (Å²) in [6.07, 6.45) is 10.5. The van der Waals surface area contributed by atoms with Gasteiger partial charge in [-0.25, -0.2) is 0 Å². The van der Waals surface area contributed by atoms with Crippen LogP contribution in [0, 0.1) is 11.3 Å². The van der Waals surface area contributed by atoms with E-state index in [2.05, 4.69) is 39.3 Å². The maximum atomic E-state index is 3.85. The van der Waals surface area contributed by atoms with Gasteiger partial charge in [-0.05, 0) is 62.4 Å². The first-order valence-corrected chi connectivity index (χ1v) is 9.08. The zero-order valence-electron chi connectivity index (χ0n) is 13.1. The molecule has 0 bridgehead atoms. The van der Waals surface area contributed by atoms with Crippen molar-refractivity contribution < 1.29 is 0 Å². The van der Waals surface area contributed by atoms with Gasteiger partial charge in [-0.1, -0.05) is 27.2 Å². The number of hydrogen-bond donors (Lipinski definition) is 1. The van der Waals surface area contributed by atoms with Crippen molar-refractivity contribution in [1.82, 2.24) is 5.32 Å². The van der Waals surface area contributed by atoms with E-state index in [4.69, 9.17) is 0 Å². The lowest BCUT2D eigenvalue weighted by molar-refractivity contribution is 0.213. The van der Waals surface area contributed by atoms with Gasteiger partial charge in [0.25, 0.3) is 0 Å². The summed E-state index contributed by atoms with van der Waals surface area (Å²) < 4.78 is 0. The van der Waals surface area contributed by atoms with Gasteiger partial charge in [0, 0.05) is 12.1 Å². The van der Waals surface area contributed by atoms with E-state index in [1.165, 1.54) is 44.3 Å². The van der Waals surface area contributed by atoms with Crippen LogP contribution in [0.3, 0.4) is 0 Å². The fourth-order valence-electron chi connectivity index (χ4n) is 3.11. The third kappa shape index (κ3) is 5.97. The lowest BCUT2D eigenvalue weighted by atomic mass is 9.76. The Morgan fingerprint density at radius 1 is 1.17 bits per heavy atom. The van der Waals surface area contributed by atoms with Crippen molar-refractivity contribution in [1.29, 1.82) is 0 Å². The molecular weight excluding hydrogens is 238 g/mol. The van der Waals surface area contributed by atoms with Gasteiger partial charge in [0.15, 0.2) is 0 Å². The van der Waals surface area contributed by atoms with Crippen molar-refractivity contribution in [3.05, 3.63) is 0 Å². The molecule has 0 amide bonds. The largest absolute Gasteiger partial charge is 0.311 e. The summed E-state index contributed by atoms with van der Waals surface area (Å²) in [4.78, 5) is 0. The predicted molar refractivity (Wildman–Crippen MR) is 85.4 cm³/mol. The fraction of sp³-hybridized carbons (Fsp3) is 1.00. The molecule has 0 saturated heterocycles. The minimum Gasteiger partial charge on any atom is -0.311 e. The SMILES string of the molecule is CSCCC(C)NC1CCCC(C(C)(C)C)CC1. The summed E-state index contributed by atoms with van der Waals surface area (Å²) in [5.41, 5.74) is 0.499. The van der Waals surface area contributed by atoms with E-state index in [9.17, 15) is 0 Å². The molecule has 0 aromatic heterocycles. The molecule has 1 aliphatic rings. The summed E-state index contributed by atoms with van der Waals surface area (Å²) in [5, 5.41) is 3.85. The van der Waals surface area contributed by atoms with E-state index in [0.29, 0.717) is 11.5 Å². The first-order chi connectivity index (χ1) is 8.43. The van der Waals surface area contributed by atoms with Gasteiger partial charge >= 0.3 is 0 Å². The molecule has 1 nitrogen and oxygen atoms in total. The van der Waals surface area contributed by atoms with Crippen LogP contribution in [-0.4, -0.2) is 24.1 Å². The molecule has 0 spiro atoms. The van der Waals surface area contributed by atoms with Crippen molar-refractivity contribution in [2.75, 3.05) is 12.0 Å². The number of hydrogen-bond acceptors (Lipinski definition) is 2. The van der Waals surface area contributed by atoms with E-state index >= 15 is 0 Å². The topological polar surface area (TPSA) is 12.0 Å². The zero-order chi connectivity index (χ0) is 13.6. The Hall–Kier alpha value is 0.310.